The highest BCUT2D eigenvalue weighted by Gasteiger charge is 2.21. The monoisotopic (exact) mass is 392 g/mol. The zero-order chi connectivity index (χ0) is 20.4. The lowest BCUT2D eigenvalue weighted by molar-refractivity contribution is -0.127. The van der Waals surface area contributed by atoms with E-state index in [1.54, 1.807) is 19.3 Å². The summed E-state index contributed by atoms with van der Waals surface area (Å²) in [6, 6.07) is 7.50. The van der Waals surface area contributed by atoms with Gasteiger partial charge in [0.2, 0.25) is 0 Å². The molecule has 0 unspecified atom stereocenters. The van der Waals surface area contributed by atoms with Crippen molar-refractivity contribution in [1.82, 2.24) is 10.3 Å². The second kappa shape index (κ2) is 8.07. The molecule has 0 bridgehead atoms. The van der Waals surface area contributed by atoms with Crippen LogP contribution in [0, 0.1) is 6.92 Å². The summed E-state index contributed by atoms with van der Waals surface area (Å²) >= 11 is 0. The van der Waals surface area contributed by atoms with Crippen molar-refractivity contribution in [3.8, 4) is 5.75 Å². The summed E-state index contributed by atoms with van der Waals surface area (Å²) in [7, 11) is 0. The number of carbonyl (C=O) groups excluding carboxylic acids is 1. The molecular weight excluding hydrogens is 368 g/mol. The Labute approximate surface area is 168 Å². The summed E-state index contributed by atoms with van der Waals surface area (Å²) in [5.41, 5.74) is 3.91. The zero-order valence-electron chi connectivity index (χ0n) is 16.7. The van der Waals surface area contributed by atoms with Crippen molar-refractivity contribution < 1.29 is 13.9 Å². The Morgan fingerprint density at radius 2 is 1.90 bits per heavy atom. The van der Waals surface area contributed by atoms with Gasteiger partial charge in [0.15, 0.2) is 6.10 Å². The highest BCUT2D eigenvalue weighted by atomic mass is 16.5. The van der Waals surface area contributed by atoms with Crippen LogP contribution in [0.5, 0.6) is 5.75 Å². The van der Waals surface area contributed by atoms with E-state index in [0.29, 0.717) is 17.9 Å². The molecule has 0 saturated heterocycles. The fourth-order valence-corrected chi connectivity index (χ4v) is 3.83. The molecule has 1 N–H and O–H groups in total. The second-order valence-corrected chi connectivity index (χ2v) is 7.45. The third-order valence-corrected chi connectivity index (χ3v) is 5.48. The lowest BCUT2D eigenvalue weighted by Gasteiger charge is -2.19. The third-order valence-electron chi connectivity index (χ3n) is 5.48. The fraction of sp³-hybridized carbons (Fsp3) is 0.348. The summed E-state index contributed by atoms with van der Waals surface area (Å²) in [6.07, 6.45) is 6.47. The molecule has 3 aromatic rings. The standard InChI is InChI=1S/C23H24N2O4/c1-14-20(28-15(2)22(26)25-13-16-9-11-24-12-10-16)8-7-18-17-5-3-4-6-19(17)23(27)29-21(14)18/h7-12,15H,3-6,13H2,1-2H3,(H,25,26)/t15-/m1/s1. The molecule has 150 valence electrons. The minimum Gasteiger partial charge on any atom is -0.480 e. The SMILES string of the molecule is Cc1c(O[C@H](C)C(=O)NCc2ccncc2)ccc2c3c(c(=O)oc12)CCCC3. The van der Waals surface area contributed by atoms with Crippen LogP contribution in [0.25, 0.3) is 11.0 Å². The lowest BCUT2D eigenvalue weighted by atomic mass is 9.90. The van der Waals surface area contributed by atoms with Gasteiger partial charge < -0.3 is 14.5 Å². The number of carbonyl (C=O) groups is 1. The molecule has 29 heavy (non-hydrogen) atoms. The van der Waals surface area contributed by atoms with Crippen molar-refractivity contribution in [2.24, 2.45) is 0 Å². The Bertz CT molecular complexity index is 1110. The van der Waals surface area contributed by atoms with Crippen LogP contribution in [0.4, 0.5) is 0 Å². The number of nitrogens with zero attached hydrogens (tertiary/aromatic N) is 1. The van der Waals surface area contributed by atoms with Crippen LogP contribution in [0.3, 0.4) is 0 Å². The van der Waals surface area contributed by atoms with Gasteiger partial charge in [0.05, 0.1) is 0 Å². The number of ether oxygens (including phenoxy) is 1. The normalized spacial score (nSPS) is 14.3. The Kier molecular flexibility index (Phi) is 5.34. The highest BCUT2D eigenvalue weighted by Crippen LogP contribution is 2.32. The van der Waals surface area contributed by atoms with Crippen LogP contribution in [0.1, 0.15) is 42.0 Å². The van der Waals surface area contributed by atoms with Crippen LogP contribution in [0.15, 0.2) is 45.9 Å². The average Bonchev–Trinajstić information content (AvgIpc) is 2.75. The number of aromatic nitrogens is 1. The Hall–Kier alpha value is -3.15. The van der Waals surface area contributed by atoms with E-state index >= 15 is 0 Å². The van der Waals surface area contributed by atoms with Gasteiger partial charge in [-0.25, -0.2) is 4.79 Å². The van der Waals surface area contributed by atoms with Crippen LogP contribution >= 0.6 is 0 Å². The Morgan fingerprint density at radius 3 is 2.66 bits per heavy atom. The number of hydrogen-bond acceptors (Lipinski definition) is 5. The van der Waals surface area contributed by atoms with E-state index < -0.39 is 6.10 Å². The molecule has 1 aliphatic rings. The predicted octanol–water partition coefficient (Wildman–Crippen LogP) is 3.46. The van der Waals surface area contributed by atoms with E-state index in [2.05, 4.69) is 10.3 Å². The second-order valence-electron chi connectivity index (χ2n) is 7.45. The van der Waals surface area contributed by atoms with Gasteiger partial charge in [-0.3, -0.25) is 9.78 Å². The van der Waals surface area contributed by atoms with Crippen LogP contribution in [-0.4, -0.2) is 17.0 Å². The molecule has 0 saturated carbocycles. The van der Waals surface area contributed by atoms with Crippen molar-refractivity contribution in [2.45, 2.75) is 52.2 Å². The van der Waals surface area contributed by atoms with Crippen LogP contribution in [0.2, 0.25) is 0 Å². The molecular formula is C23H24N2O4. The molecule has 2 aromatic heterocycles. The molecule has 4 rings (SSSR count). The number of hydrogen-bond donors (Lipinski definition) is 1. The molecule has 1 aliphatic carbocycles. The maximum atomic E-state index is 12.4. The van der Waals surface area contributed by atoms with Crippen LogP contribution in [-0.2, 0) is 24.2 Å². The number of fused-ring (bicyclic) bond motifs is 3. The first-order valence-electron chi connectivity index (χ1n) is 9.96. The van der Waals surface area contributed by atoms with Crippen molar-refractivity contribution in [2.75, 3.05) is 0 Å². The first kappa shape index (κ1) is 19.2. The molecule has 6 nitrogen and oxygen atoms in total. The highest BCUT2D eigenvalue weighted by molar-refractivity contribution is 5.86. The Morgan fingerprint density at radius 1 is 1.17 bits per heavy atom. The van der Waals surface area contributed by atoms with Crippen molar-refractivity contribution >= 4 is 16.9 Å². The van der Waals surface area contributed by atoms with E-state index in [4.69, 9.17) is 9.15 Å². The molecule has 0 spiro atoms. The van der Waals surface area contributed by atoms with Gasteiger partial charge in [0, 0.05) is 35.5 Å². The fourth-order valence-electron chi connectivity index (χ4n) is 3.83. The van der Waals surface area contributed by atoms with E-state index in [0.717, 1.165) is 53.3 Å². The van der Waals surface area contributed by atoms with Gasteiger partial charge in [0.25, 0.3) is 5.91 Å². The molecule has 1 aromatic carbocycles. The minimum absolute atomic E-state index is 0.215. The maximum absolute atomic E-state index is 12.4. The zero-order valence-corrected chi connectivity index (χ0v) is 16.7. The number of rotatable bonds is 5. The largest absolute Gasteiger partial charge is 0.480 e. The van der Waals surface area contributed by atoms with Crippen molar-refractivity contribution in [3.63, 3.8) is 0 Å². The summed E-state index contributed by atoms with van der Waals surface area (Å²) < 4.78 is 11.5. The molecule has 0 radical (unpaired) electrons. The van der Waals surface area contributed by atoms with Crippen molar-refractivity contribution in [3.05, 3.63) is 69.3 Å². The van der Waals surface area contributed by atoms with Gasteiger partial charge in [-0.15, -0.1) is 0 Å². The quantitative estimate of drug-likeness (QED) is 0.673. The molecule has 1 atom stereocenters. The summed E-state index contributed by atoms with van der Waals surface area (Å²) in [5, 5.41) is 3.83. The first-order chi connectivity index (χ1) is 14.0. The van der Waals surface area contributed by atoms with Gasteiger partial charge in [-0.2, -0.15) is 0 Å². The number of amides is 1. The Balaban J connectivity index is 1.54. The number of nitrogens with one attached hydrogen (secondary N) is 1. The van der Waals surface area contributed by atoms with Crippen LogP contribution < -0.4 is 15.7 Å². The molecule has 0 aliphatic heterocycles. The topological polar surface area (TPSA) is 81.4 Å². The lowest BCUT2D eigenvalue weighted by Crippen LogP contribution is -2.36. The molecule has 6 heteroatoms. The van der Waals surface area contributed by atoms with E-state index in [9.17, 15) is 9.59 Å². The number of aryl methyl sites for hydroxylation is 2. The first-order valence-corrected chi connectivity index (χ1v) is 9.96. The smallest absolute Gasteiger partial charge is 0.339 e. The number of pyridine rings is 1. The van der Waals surface area contributed by atoms with Gasteiger partial charge in [0.1, 0.15) is 11.3 Å². The van der Waals surface area contributed by atoms with E-state index in [1.165, 1.54) is 0 Å². The van der Waals surface area contributed by atoms with Gasteiger partial charge in [-0.1, -0.05) is 0 Å². The van der Waals surface area contributed by atoms with Gasteiger partial charge >= 0.3 is 5.63 Å². The summed E-state index contributed by atoms with van der Waals surface area (Å²) in [4.78, 5) is 28.8. The minimum atomic E-state index is -0.683. The average molecular weight is 392 g/mol. The summed E-state index contributed by atoms with van der Waals surface area (Å²) in [5.74, 6) is 0.330. The molecule has 0 fully saturated rings. The summed E-state index contributed by atoms with van der Waals surface area (Å²) in [6.45, 7) is 3.97. The number of benzene rings is 1. The van der Waals surface area contributed by atoms with Crippen molar-refractivity contribution in [1.29, 1.82) is 0 Å². The molecule has 1 amide bonds. The third kappa shape index (κ3) is 3.88. The van der Waals surface area contributed by atoms with E-state index in [1.807, 2.05) is 31.2 Å². The maximum Gasteiger partial charge on any atom is 0.339 e. The van der Waals surface area contributed by atoms with Gasteiger partial charge in [-0.05, 0) is 74.9 Å². The predicted molar refractivity (Wildman–Crippen MR) is 110 cm³/mol. The van der Waals surface area contributed by atoms with E-state index in [-0.39, 0.29) is 11.5 Å². The molecule has 2 heterocycles.